The molecule has 6 heteroatoms. The van der Waals surface area contributed by atoms with Crippen LogP contribution in [0.25, 0.3) is 0 Å². The molecule has 0 heterocycles. The van der Waals surface area contributed by atoms with Crippen LogP contribution in [0.1, 0.15) is 59.3 Å². The molecule has 0 unspecified atom stereocenters. The molecule has 18 heavy (non-hydrogen) atoms. The van der Waals surface area contributed by atoms with Crippen LogP contribution in [0.5, 0.6) is 0 Å². The van der Waals surface area contributed by atoms with E-state index in [1.54, 1.807) is 20.8 Å². The Hall–Kier alpha value is -1.59. The van der Waals surface area contributed by atoms with Crippen LogP contribution in [0.15, 0.2) is 0 Å². The molecule has 0 bridgehead atoms. The maximum absolute atomic E-state index is 9.49. The number of carbonyl (C=O) groups excluding carboxylic acids is 3. The molecule has 0 aliphatic heterocycles. The van der Waals surface area contributed by atoms with Crippen molar-refractivity contribution < 1.29 is 29.7 Å². The fraction of sp³-hybridized carbons (Fsp3) is 0.750. The molecular formula is C12H21O6-3. The van der Waals surface area contributed by atoms with Crippen molar-refractivity contribution in [3.05, 3.63) is 0 Å². The summed E-state index contributed by atoms with van der Waals surface area (Å²) in [5, 5.41) is 28.5. The Balaban J connectivity index is -0.000000187. The van der Waals surface area contributed by atoms with E-state index in [1.165, 1.54) is 0 Å². The SMILES string of the molecule is CCCC(=O)[O-].CCCC(=O)[O-].CCCC(=O)[O-]. The van der Waals surface area contributed by atoms with Gasteiger partial charge in [-0.05, 0) is 19.3 Å². The van der Waals surface area contributed by atoms with Crippen molar-refractivity contribution in [1.82, 2.24) is 0 Å². The van der Waals surface area contributed by atoms with Crippen molar-refractivity contribution in [2.45, 2.75) is 59.3 Å². The highest BCUT2D eigenvalue weighted by Crippen LogP contribution is 1.80. The Bertz CT molecular complexity index is 187. The summed E-state index contributed by atoms with van der Waals surface area (Å²) >= 11 is 0. The smallest absolute Gasteiger partial charge is 0.0414 e. The second-order valence-corrected chi connectivity index (χ2v) is 3.37. The number of carboxylic acid groups (broad SMARTS) is 3. The molecule has 0 saturated carbocycles. The van der Waals surface area contributed by atoms with Crippen LogP contribution in [0.2, 0.25) is 0 Å². The lowest BCUT2D eigenvalue weighted by Gasteiger charge is -1.92. The van der Waals surface area contributed by atoms with E-state index >= 15 is 0 Å². The molecule has 0 N–H and O–H groups in total. The lowest BCUT2D eigenvalue weighted by molar-refractivity contribution is -0.307. The molecule has 0 amide bonds. The van der Waals surface area contributed by atoms with Gasteiger partial charge in [0.1, 0.15) is 0 Å². The molecular weight excluding hydrogens is 240 g/mol. The minimum absolute atomic E-state index is 0.181. The second kappa shape index (κ2) is 17.8. The van der Waals surface area contributed by atoms with Crippen LogP contribution in [-0.4, -0.2) is 17.9 Å². The highest BCUT2D eigenvalue weighted by molar-refractivity contribution is 5.64. The van der Waals surface area contributed by atoms with Gasteiger partial charge in [-0.3, -0.25) is 0 Å². The van der Waals surface area contributed by atoms with Gasteiger partial charge in [-0.15, -0.1) is 0 Å². The summed E-state index contributed by atoms with van der Waals surface area (Å²) in [6.07, 6.45) is 2.55. The average Bonchev–Trinajstić information content (AvgIpc) is 2.18. The topological polar surface area (TPSA) is 120 Å². The number of hydrogen-bond donors (Lipinski definition) is 0. The minimum Gasteiger partial charge on any atom is -0.550 e. The quantitative estimate of drug-likeness (QED) is 0.580. The van der Waals surface area contributed by atoms with Gasteiger partial charge in [-0.1, -0.05) is 40.0 Å². The molecule has 108 valence electrons. The first-order valence-corrected chi connectivity index (χ1v) is 5.91. The number of carbonyl (C=O) groups is 3. The van der Waals surface area contributed by atoms with E-state index in [2.05, 4.69) is 0 Å². The molecule has 0 aromatic carbocycles. The summed E-state index contributed by atoms with van der Waals surface area (Å²) in [5.74, 6) is -2.88. The third kappa shape index (κ3) is 47.2. The number of aliphatic carboxylic acids is 3. The van der Waals surface area contributed by atoms with Crippen LogP contribution in [0.4, 0.5) is 0 Å². The molecule has 0 fully saturated rings. The fourth-order valence-electron chi connectivity index (χ4n) is 0.612. The molecule has 0 aromatic heterocycles. The maximum Gasteiger partial charge on any atom is 0.0414 e. The van der Waals surface area contributed by atoms with Crippen molar-refractivity contribution in [2.24, 2.45) is 0 Å². The van der Waals surface area contributed by atoms with Crippen molar-refractivity contribution in [2.75, 3.05) is 0 Å². The van der Waals surface area contributed by atoms with E-state index in [0.29, 0.717) is 19.3 Å². The van der Waals surface area contributed by atoms with Gasteiger partial charge in [0.05, 0.1) is 0 Å². The zero-order valence-corrected chi connectivity index (χ0v) is 11.2. The third-order valence-electron chi connectivity index (χ3n) is 1.36. The van der Waals surface area contributed by atoms with Crippen LogP contribution in [0.3, 0.4) is 0 Å². The number of carboxylic acids is 3. The van der Waals surface area contributed by atoms with Gasteiger partial charge < -0.3 is 29.7 Å². The predicted octanol–water partition coefficient (Wildman–Crippen LogP) is -1.39. The Labute approximate surface area is 108 Å². The standard InChI is InChI=1S/3C4H8O2/c3*1-2-3-4(5)6/h3*2-3H2,1H3,(H,5,6)/p-3. The van der Waals surface area contributed by atoms with E-state index < -0.39 is 17.9 Å². The average molecular weight is 261 g/mol. The summed E-state index contributed by atoms with van der Waals surface area (Å²) in [4.78, 5) is 28.5. The molecule has 0 spiro atoms. The molecule has 0 aromatic rings. The maximum atomic E-state index is 9.49. The minimum atomic E-state index is -0.961. The Kier molecular flexibility index (Phi) is 21.4. The highest BCUT2D eigenvalue weighted by atomic mass is 16.4. The van der Waals surface area contributed by atoms with Crippen LogP contribution in [0, 0.1) is 0 Å². The van der Waals surface area contributed by atoms with Crippen molar-refractivity contribution in [3.63, 3.8) is 0 Å². The predicted molar refractivity (Wildman–Crippen MR) is 59.7 cm³/mol. The van der Waals surface area contributed by atoms with E-state index in [1.807, 2.05) is 0 Å². The lowest BCUT2D eigenvalue weighted by atomic mass is 10.4. The molecule has 0 aliphatic rings. The van der Waals surface area contributed by atoms with E-state index in [-0.39, 0.29) is 19.3 Å². The van der Waals surface area contributed by atoms with Gasteiger partial charge in [-0.2, -0.15) is 0 Å². The number of rotatable bonds is 6. The molecule has 0 saturated heterocycles. The Morgan fingerprint density at radius 2 is 0.778 bits per heavy atom. The van der Waals surface area contributed by atoms with E-state index in [9.17, 15) is 29.7 Å². The monoisotopic (exact) mass is 261 g/mol. The van der Waals surface area contributed by atoms with Crippen LogP contribution < -0.4 is 15.3 Å². The second-order valence-electron chi connectivity index (χ2n) is 3.37. The normalized spacial score (nSPS) is 8.17. The van der Waals surface area contributed by atoms with Crippen molar-refractivity contribution >= 4 is 17.9 Å². The number of hydrogen-bond acceptors (Lipinski definition) is 6. The van der Waals surface area contributed by atoms with Gasteiger partial charge in [0.15, 0.2) is 0 Å². The van der Waals surface area contributed by atoms with E-state index in [0.717, 1.165) is 0 Å². The van der Waals surface area contributed by atoms with Crippen LogP contribution >= 0.6 is 0 Å². The summed E-state index contributed by atoms with van der Waals surface area (Å²) < 4.78 is 0. The highest BCUT2D eigenvalue weighted by Gasteiger charge is 1.76. The first-order valence-electron chi connectivity index (χ1n) is 5.91. The largest absolute Gasteiger partial charge is 0.550 e. The summed E-state index contributed by atoms with van der Waals surface area (Å²) in [7, 11) is 0. The molecule has 0 atom stereocenters. The van der Waals surface area contributed by atoms with Gasteiger partial charge >= 0.3 is 0 Å². The van der Waals surface area contributed by atoms with Gasteiger partial charge in [0.25, 0.3) is 0 Å². The first kappa shape index (κ1) is 21.7. The third-order valence-corrected chi connectivity index (χ3v) is 1.36. The first-order chi connectivity index (χ1) is 8.31. The molecule has 0 rings (SSSR count). The zero-order chi connectivity index (χ0) is 15.0. The molecule has 0 aliphatic carbocycles. The van der Waals surface area contributed by atoms with Gasteiger partial charge in [0, 0.05) is 17.9 Å². The van der Waals surface area contributed by atoms with Crippen LogP contribution in [-0.2, 0) is 14.4 Å². The summed E-state index contributed by atoms with van der Waals surface area (Å²) in [6, 6.07) is 0. The molecule has 6 nitrogen and oxygen atoms in total. The lowest BCUT2D eigenvalue weighted by Crippen LogP contribution is -2.20. The van der Waals surface area contributed by atoms with Gasteiger partial charge in [-0.25, -0.2) is 0 Å². The molecule has 0 radical (unpaired) electrons. The van der Waals surface area contributed by atoms with Gasteiger partial charge in [0.2, 0.25) is 0 Å². The summed E-state index contributed by atoms with van der Waals surface area (Å²) in [5.41, 5.74) is 0. The fourth-order valence-corrected chi connectivity index (χ4v) is 0.612. The zero-order valence-electron chi connectivity index (χ0n) is 11.2. The Morgan fingerprint density at radius 1 is 0.611 bits per heavy atom. The van der Waals surface area contributed by atoms with E-state index in [4.69, 9.17) is 0 Å². The van der Waals surface area contributed by atoms with Crippen molar-refractivity contribution in [3.8, 4) is 0 Å². The Morgan fingerprint density at radius 3 is 0.778 bits per heavy atom. The van der Waals surface area contributed by atoms with Crippen molar-refractivity contribution in [1.29, 1.82) is 0 Å². The summed E-state index contributed by atoms with van der Waals surface area (Å²) in [6.45, 7) is 5.40.